The van der Waals surface area contributed by atoms with Gasteiger partial charge in [-0.3, -0.25) is 9.59 Å². The van der Waals surface area contributed by atoms with Crippen LogP contribution in [0.3, 0.4) is 0 Å². The molecule has 6 rings (SSSR count). The summed E-state index contributed by atoms with van der Waals surface area (Å²) in [6.07, 6.45) is 6.98. The van der Waals surface area contributed by atoms with Gasteiger partial charge in [0.2, 0.25) is 0 Å². The molecule has 5 aliphatic rings. The van der Waals surface area contributed by atoms with Crippen LogP contribution in [0, 0.1) is 23.2 Å². The van der Waals surface area contributed by atoms with Crippen LogP contribution in [0.15, 0.2) is 24.3 Å². The third-order valence-electron chi connectivity index (χ3n) is 7.44. The van der Waals surface area contributed by atoms with Crippen LogP contribution in [-0.4, -0.2) is 30.6 Å². The Morgan fingerprint density at radius 2 is 1.71 bits per heavy atom. The molecule has 1 aromatic carbocycles. The highest BCUT2D eigenvalue weighted by Gasteiger charge is 2.55. The fraction of sp³-hybridized carbons (Fsp3) is 0.652. The minimum atomic E-state index is -0.668. The molecule has 150 valence electrons. The van der Waals surface area contributed by atoms with Crippen LogP contribution in [0.4, 0.5) is 11.4 Å². The molecular weight excluding hydrogens is 352 g/mol. The second-order valence-corrected chi connectivity index (χ2v) is 10.1. The smallest absolute Gasteiger partial charge is 0.312 e. The number of fused-ring (bicyclic) bond motifs is 1. The Labute approximate surface area is 166 Å². The summed E-state index contributed by atoms with van der Waals surface area (Å²) in [6, 6.07) is 7.82. The fourth-order valence-corrected chi connectivity index (χ4v) is 6.62. The van der Waals surface area contributed by atoms with Crippen molar-refractivity contribution in [3.63, 3.8) is 0 Å². The Balaban J connectivity index is 1.27. The van der Waals surface area contributed by atoms with Gasteiger partial charge in [-0.2, -0.15) is 0 Å². The van der Waals surface area contributed by atoms with Gasteiger partial charge in [-0.15, -0.1) is 0 Å². The second-order valence-electron chi connectivity index (χ2n) is 10.1. The zero-order chi connectivity index (χ0) is 19.5. The van der Waals surface area contributed by atoms with Gasteiger partial charge in [-0.05, 0) is 82.3 Å². The van der Waals surface area contributed by atoms with Gasteiger partial charge in [0.1, 0.15) is 12.1 Å². The molecule has 1 N–H and O–H groups in total. The molecule has 1 amide bonds. The average molecular weight is 383 g/mol. The monoisotopic (exact) mass is 382 g/mol. The van der Waals surface area contributed by atoms with E-state index in [1.165, 1.54) is 19.3 Å². The van der Waals surface area contributed by atoms with Crippen molar-refractivity contribution in [1.82, 2.24) is 0 Å². The summed E-state index contributed by atoms with van der Waals surface area (Å²) in [4.78, 5) is 27.7. The van der Waals surface area contributed by atoms with Crippen molar-refractivity contribution >= 4 is 23.3 Å². The summed E-state index contributed by atoms with van der Waals surface area (Å²) in [5, 5.41) is 3.31. The number of amides is 1. The van der Waals surface area contributed by atoms with Crippen LogP contribution in [0.1, 0.15) is 52.4 Å². The van der Waals surface area contributed by atoms with E-state index >= 15 is 0 Å². The van der Waals surface area contributed by atoms with E-state index in [0.717, 1.165) is 48.4 Å². The maximum absolute atomic E-state index is 13.1. The molecule has 0 radical (unpaired) electrons. The van der Waals surface area contributed by atoms with Crippen LogP contribution >= 0.6 is 0 Å². The lowest BCUT2D eigenvalue weighted by molar-refractivity contribution is -0.171. The quantitative estimate of drug-likeness (QED) is 0.800. The van der Waals surface area contributed by atoms with Gasteiger partial charge in [0, 0.05) is 0 Å². The van der Waals surface area contributed by atoms with Gasteiger partial charge >= 0.3 is 5.97 Å². The highest BCUT2D eigenvalue weighted by Crippen LogP contribution is 2.60. The first kappa shape index (κ1) is 18.0. The maximum Gasteiger partial charge on any atom is 0.312 e. The molecule has 1 aliphatic heterocycles. The molecule has 0 spiro atoms. The standard InChI is InChI=1S/C23H30N2O3/c1-22(2)20(26)25(19-6-4-3-5-18(19)24-22)7-8-28-21(27)23-12-15-9-16(13-23)11-17(10-15)14-23/h3-6,15-17,24H,7-14H2,1-2H3. The van der Waals surface area contributed by atoms with Gasteiger partial charge in [-0.1, -0.05) is 12.1 Å². The lowest BCUT2D eigenvalue weighted by Gasteiger charge is -2.55. The predicted molar refractivity (Wildman–Crippen MR) is 108 cm³/mol. The molecule has 5 nitrogen and oxygen atoms in total. The molecular formula is C23H30N2O3. The van der Waals surface area contributed by atoms with E-state index in [1.54, 1.807) is 4.90 Å². The number of carbonyl (C=O) groups excluding carboxylic acids is 2. The van der Waals surface area contributed by atoms with E-state index in [4.69, 9.17) is 4.74 Å². The summed E-state index contributed by atoms with van der Waals surface area (Å²) < 4.78 is 5.81. The number of anilines is 2. The first-order valence-corrected chi connectivity index (χ1v) is 10.7. The number of nitrogens with one attached hydrogen (secondary N) is 1. The molecule has 0 unspecified atom stereocenters. The van der Waals surface area contributed by atoms with Gasteiger partial charge in [0.05, 0.1) is 23.3 Å². The Bertz CT molecular complexity index is 781. The molecule has 4 bridgehead atoms. The number of para-hydroxylation sites is 2. The minimum Gasteiger partial charge on any atom is -0.463 e. The summed E-state index contributed by atoms with van der Waals surface area (Å²) in [5.41, 5.74) is 0.898. The largest absolute Gasteiger partial charge is 0.463 e. The predicted octanol–water partition coefficient (Wildman–Crippen LogP) is 3.98. The Morgan fingerprint density at radius 1 is 1.11 bits per heavy atom. The molecule has 0 aromatic heterocycles. The molecule has 4 aliphatic carbocycles. The maximum atomic E-state index is 13.1. The topological polar surface area (TPSA) is 58.6 Å². The van der Waals surface area contributed by atoms with Crippen molar-refractivity contribution < 1.29 is 14.3 Å². The minimum absolute atomic E-state index is 0.0112. The summed E-state index contributed by atoms with van der Waals surface area (Å²) in [6.45, 7) is 4.44. The van der Waals surface area contributed by atoms with Gasteiger partial charge in [-0.25, -0.2) is 0 Å². The highest BCUT2D eigenvalue weighted by molar-refractivity contribution is 6.07. The summed E-state index contributed by atoms with van der Waals surface area (Å²) >= 11 is 0. The molecule has 1 heterocycles. The van der Waals surface area contributed by atoms with Gasteiger partial charge in [0.15, 0.2) is 0 Å². The number of nitrogens with zero attached hydrogens (tertiary/aromatic N) is 1. The first-order chi connectivity index (χ1) is 13.4. The molecule has 1 aromatic rings. The number of ether oxygens (including phenoxy) is 1. The molecule has 4 saturated carbocycles. The van der Waals surface area contributed by atoms with Crippen molar-refractivity contribution in [2.24, 2.45) is 23.2 Å². The molecule has 5 heteroatoms. The first-order valence-electron chi connectivity index (χ1n) is 10.7. The Hall–Kier alpha value is -2.04. The zero-order valence-corrected chi connectivity index (χ0v) is 16.9. The van der Waals surface area contributed by atoms with Crippen LogP contribution in [0.25, 0.3) is 0 Å². The van der Waals surface area contributed by atoms with Crippen molar-refractivity contribution in [2.75, 3.05) is 23.4 Å². The van der Waals surface area contributed by atoms with Crippen molar-refractivity contribution in [1.29, 1.82) is 0 Å². The van der Waals surface area contributed by atoms with Crippen LogP contribution < -0.4 is 10.2 Å². The molecule has 0 saturated heterocycles. The Kier molecular flexibility index (Phi) is 4.01. The second kappa shape index (κ2) is 6.23. The number of carbonyl (C=O) groups is 2. The van der Waals surface area contributed by atoms with E-state index in [0.29, 0.717) is 6.54 Å². The molecule has 0 atom stereocenters. The van der Waals surface area contributed by atoms with E-state index in [2.05, 4.69) is 5.32 Å². The fourth-order valence-electron chi connectivity index (χ4n) is 6.62. The summed E-state index contributed by atoms with van der Waals surface area (Å²) in [7, 11) is 0. The van der Waals surface area contributed by atoms with Crippen LogP contribution in [0.2, 0.25) is 0 Å². The number of rotatable bonds is 4. The summed E-state index contributed by atoms with van der Waals surface area (Å²) in [5.74, 6) is 2.17. The lowest BCUT2D eigenvalue weighted by atomic mass is 9.49. The normalized spacial score (nSPS) is 34.7. The third kappa shape index (κ3) is 2.82. The number of hydrogen-bond acceptors (Lipinski definition) is 4. The van der Waals surface area contributed by atoms with Crippen molar-refractivity contribution in [3.8, 4) is 0 Å². The highest BCUT2D eigenvalue weighted by atomic mass is 16.5. The van der Waals surface area contributed by atoms with Gasteiger partial charge in [0.25, 0.3) is 5.91 Å². The third-order valence-corrected chi connectivity index (χ3v) is 7.44. The van der Waals surface area contributed by atoms with E-state index < -0.39 is 5.54 Å². The van der Waals surface area contributed by atoms with E-state index in [9.17, 15) is 9.59 Å². The number of benzene rings is 1. The van der Waals surface area contributed by atoms with E-state index in [-0.39, 0.29) is 23.9 Å². The number of hydrogen-bond donors (Lipinski definition) is 1. The zero-order valence-electron chi connectivity index (χ0n) is 16.9. The van der Waals surface area contributed by atoms with E-state index in [1.807, 2.05) is 38.1 Å². The number of esters is 1. The average Bonchev–Trinajstić information content (AvgIpc) is 2.63. The van der Waals surface area contributed by atoms with Crippen molar-refractivity contribution in [2.45, 2.75) is 57.9 Å². The van der Waals surface area contributed by atoms with Crippen molar-refractivity contribution in [3.05, 3.63) is 24.3 Å². The molecule has 28 heavy (non-hydrogen) atoms. The van der Waals surface area contributed by atoms with Crippen LogP contribution in [0.5, 0.6) is 0 Å². The Morgan fingerprint density at radius 3 is 2.36 bits per heavy atom. The molecule has 4 fully saturated rings. The van der Waals surface area contributed by atoms with Crippen LogP contribution in [-0.2, 0) is 14.3 Å². The van der Waals surface area contributed by atoms with Gasteiger partial charge < -0.3 is 15.0 Å². The lowest BCUT2D eigenvalue weighted by Crippen LogP contribution is -2.55. The SMILES string of the molecule is CC1(C)Nc2ccccc2N(CCOC(=O)C23CC4CC(CC(C4)C2)C3)C1=O.